The summed E-state index contributed by atoms with van der Waals surface area (Å²) in [5, 5.41) is 0.312. The quantitative estimate of drug-likeness (QED) is 0.836. The van der Waals surface area contributed by atoms with Crippen LogP contribution in [0.1, 0.15) is 5.56 Å². The zero-order valence-electron chi connectivity index (χ0n) is 10.5. The van der Waals surface area contributed by atoms with Gasteiger partial charge in [0, 0.05) is 10.6 Å². The van der Waals surface area contributed by atoms with E-state index in [0.29, 0.717) is 10.6 Å². The molecule has 0 bridgehead atoms. The van der Waals surface area contributed by atoms with Crippen LogP contribution in [0.3, 0.4) is 0 Å². The van der Waals surface area contributed by atoms with Gasteiger partial charge in [-0.2, -0.15) is 0 Å². The van der Waals surface area contributed by atoms with E-state index in [2.05, 4.69) is 4.72 Å². The maximum atomic E-state index is 13.2. The van der Waals surface area contributed by atoms with Crippen molar-refractivity contribution in [3.05, 3.63) is 58.9 Å². The van der Waals surface area contributed by atoms with E-state index in [9.17, 15) is 12.8 Å². The average Bonchev–Trinajstić information content (AvgIpc) is 2.38. The monoisotopic (exact) mass is 344 g/mol. The highest BCUT2D eigenvalue weighted by Gasteiger charge is 2.17. The van der Waals surface area contributed by atoms with Crippen molar-refractivity contribution in [3.8, 4) is 0 Å². The lowest BCUT2D eigenvalue weighted by atomic mass is 10.2. The predicted molar refractivity (Wildman–Crippen MR) is 84.5 cm³/mol. The Morgan fingerprint density at radius 3 is 2.57 bits per heavy atom. The van der Waals surface area contributed by atoms with Gasteiger partial charge in [0.15, 0.2) is 0 Å². The minimum atomic E-state index is -3.97. The van der Waals surface area contributed by atoms with Crippen LogP contribution in [0.4, 0.5) is 10.1 Å². The molecule has 0 aromatic heterocycles. The van der Waals surface area contributed by atoms with Crippen molar-refractivity contribution in [2.75, 3.05) is 4.72 Å². The molecule has 110 valence electrons. The fourth-order valence-electron chi connectivity index (χ4n) is 1.65. The molecule has 0 amide bonds. The molecule has 0 radical (unpaired) electrons. The molecule has 8 heteroatoms. The van der Waals surface area contributed by atoms with Crippen LogP contribution in [-0.4, -0.2) is 13.4 Å². The summed E-state index contributed by atoms with van der Waals surface area (Å²) in [5.74, 6) is -0.654. The molecule has 2 rings (SSSR count). The Morgan fingerprint density at radius 1 is 1.24 bits per heavy atom. The van der Waals surface area contributed by atoms with Crippen molar-refractivity contribution in [2.24, 2.45) is 5.73 Å². The Morgan fingerprint density at radius 2 is 1.95 bits per heavy atom. The number of anilines is 1. The number of hydrogen-bond donors (Lipinski definition) is 2. The zero-order chi connectivity index (χ0) is 15.6. The molecule has 0 spiro atoms. The highest BCUT2D eigenvalue weighted by molar-refractivity contribution is 7.92. The SMILES string of the molecule is NC(=S)c1ccc(Cl)cc1NS(=O)(=O)c1cccc(F)c1. The van der Waals surface area contributed by atoms with Gasteiger partial charge < -0.3 is 5.73 Å². The third-order valence-electron chi connectivity index (χ3n) is 2.60. The molecule has 0 heterocycles. The van der Waals surface area contributed by atoms with Gasteiger partial charge in [-0.1, -0.05) is 29.9 Å². The number of hydrogen-bond acceptors (Lipinski definition) is 3. The average molecular weight is 345 g/mol. The van der Waals surface area contributed by atoms with E-state index < -0.39 is 15.8 Å². The fourth-order valence-corrected chi connectivity index (χ4v) is 3.11. The van der Waals surface area contributed by atoms with Crippen LogP contribution >= 0.6 is 23.8 Å². The minimum absolute atomic E-state index is 0.0172. The summed E-state index contributed by atoms with van der Waals surface area (Å²) >= 11 is 10.7. The number of nitrogens with two attached hydrogens (primary N) is 1. The Balaban J connectivity index is 2.46. The topological polar surface area (TPSA) is 72.2 Å². The number of nitrogens with one attached hydrogen (secondary N) is 1. The van der Waals surface area contributed by atoms with E-state index >= 15 is 0 Å². The van der Waals surface area contributed by atoms with Gasteiger partial charge in [-0.15, -0.1) is 0 Å². The molecule has 4 nitrogen and oxygen atoms in total. The highest BCUT2D eigenvalue weighted by Crippen LogP contribution is 2.24. The molecule has 0 aliphatic carbocycles. The standard InChI is InChI=1S/C13H10ClFN2O2S2/c14-8-4-5-11(13(16)20)12(6-8)17-21(18,19)10-3-1-2-9(15)7-10/h1-7,17H,(H2,16,20). The first-order valence-corrected chi connectivity index (χ1v) is 7.94. The van der Waals surface area contributed by atoms with Crippen molar-refractivity contribution in [1.29, 1.82) is 0 Å². The Kier molecular flexibility index (Phi) is 4.46. The van der Waals surface area contributed by atoms with Gasteiger partial charge in [-0.05, 0) is 36.4 Å². The molecule has 21 heavy (non-hydrogen) atoms. The van der Waals surface area contributed by atoms with E-state index in [0.717, 1.165) is 12.1 Å². The minimum Gasteiger partial charge on any atom is -0.389 e. The van der Waals surface area contributed by atoms with Gasteiger partial charge in [0.1, 0.15) is 10.8 Å². The molecule has 3 N–H and O–H groups in total. The van der Waals surface area contributed by atoms with Gasteiger partial charge in [0.2, 0.25) is 0 Å². The molecular weight excluding hydrogens is 335 g/mol. The van der Waals surface area contributed by atoms with Crippen LogP contribution in [0.15, 0.2) is 47.4 Å². The fraction of sp³-hybridized carbons (Fsp3) is 0. The van der Waals surface area contributed by atoms with Crippen LogP contribution < -0.4 is 10.5 Å². The van der Waals surface area contributed by atoms with Crippen molar-refractivity contribution in [2.45, 2.75) is 4.90 Å². The largest absolute Gasteiger partial charge is 0.389 e. The molecule has 0 aliphatic rings. The highest BCUT2D eigenvalue weighted by atomic mass is 35.5. The third kappa shape index (κ3) is 3.69. The molecular formula is C13H10ClFN2O2S2. The lowest BCUT2D eigenvalue weighted by Crippen LogP contribution is -2.18. The van der Waals surface area contributed by atoms with Gasteiger partial charge in [0.25, 0.3) is 10.0 Å². The van der Waals surface area contributed by atoms with E-state index in [-0.39, 0.29) is 15.6 Å². The first-order valence-electron chi connectivity index (χ1n) is 5.67. The molecule has 0 aliphatic heterocycles. The van der Waals surface area contributed by atoms with E-state index in [4.69, 9.17) is 29.6 Å². The van der Waals surface area contributed by atoms with Crippen LogP contribution in [0, 0.1) is 5.82 Å². The number of thiocarbonyl (C=S) groups is 1. The van der Waals surface area contributed by atoms with Crippen LogP contribution in [0.2, 0.25) is 5.02 Å². The van der Waals surface area contributed by atoms with Crippen LogP contribution in [0.25, 0.3) is 0 Å². The van der Waals surface area contributed by atoms with Crippen molar-refractivity contribution >= 4 is 44.5 Å². The van der Waals surface area contributed by atoms with Gasteiger partial charge in [0.05, 0.1) is 10.6 Å². The van der Waals surface area contributed by atoms with Gasteiger partial charge in [-0.25, -0.2) is 12.8 Å². The molecule has 0 saturated carbocycles. The molecule has 2 aromatic rings. The maximum absolute atomic E-state index is 13.2. The van der Waals surface area contributed by atoms with E-state index in [1.165, 1.54) is 30.3 Å². The van der Waals surface area contributed by atoms with Crippen molar-refractivity contribution in [1.82, 2.24) is 0 Å². The van der Waals surface area contributed by atoms with Crippen molar-refractivity contribution < 1.29 is 12.8 Å². The summed E-state index contributed by atoms with van der Waals surface area (Å²) < 4.78 is 39.9. The van der Waals surface area contributed by atoms with Gasteiger partial charge in [-0.3, -0.25) is 4.72 Å². The molecule has 0 atom stereocenters. The second-order valence-corrected chi connectivity index (χ2v) is 6.68. The van der Waals surface area contributed by atoms with Crippen LogP contribution in [-0.2, 0) is 10.0 Å². The smallest absolute Gasteiger partial charge is 0.262 e. The normalized spacial score (nSPS) is 11.1. The number of benzene rings is 2. The summed E-state index contributed by atoms with van der Waals surface area (Å²) in [5.41, 5.74) is 6.01. The summed E-state index contributed by atoms with van der Waals surface area (Å²) in [6, 6.07) is 9.07. The lowest BCUT2D eigenvalue weighted by Gasteiger charge is -2.12. The van der Waals surface area contributed by atoms with E-state index in [1.54, 1.807) is 0 Å². The second kappa shape index (κ2) is 5.97. The van der Waals surface area contributed by atoms with Crippen molar-refractivity contribution in [3.63, 3.8) is 0 Å². The maximum Gasteiger partial charge on any atom is 0.262 e. The summed E-state index contributed by atoms with van der Waals surface area (Å²) in [4.78, 5) is -0.194. The van der Waals surface area contributed by atoms with Crippen LogP contribution in [0.5, 0.6) is 0 Å². The third-order valence-corrected chi connectivity index (χ3v) is 4.42. The molecule has 0 saturated heterocycles. The lowest BCUT2D eigenvalue weighted by molar-refractivity contribution is 0.595. The number of halogens is 2. The van der Waals surface area contributed by atoms with E-state index in [1.807, 2.05) is 0 Å². The first-order chi connectivity index (χ1) is 9.79. The molecule has 2 aromatic carbocycles. The Bertz CT molecular complexity index is 810. The predicted octanol–water partition coefficient (Wildman–Crippen LogP) is 2.91. The Hall–Kier alpha value is -1.70. The Labute approximate surface area is 131 Å². The zero-order valence-corrected chi connectivity index (χ0v) is 12.9. The summed E-state index contributed by atoms with van der Waals surface area (Å²) in [7, 11) is -3.97. The number of rotatable bonds is 4. The summed E-state index contributed by atoms with van der Waals surface area (Å²) in [6.07, 6.45) is 0. The second-order valence-electron chi connectivity index (χ2n) is 4.12. The first kappa shape index (κ1) is 15.7. The molecule has 0 unspecified atom stereocenters. The number of sulfonamides is 1. The molecule has 0 fully saturated rings. The van der Waals surface area contributed by atoms with Gasteiger partial charge >= 0.3 is 0 Å². The summed E-state index contributed by atoms with van der Waals surface area (Å²) in [6.45, 7) is 0.